The predicted molar refractivity (Wildman–Crippen MR) is 153 cm³/mol. The van der Waals surface area contributed by atoms with Crippen LogP contribution in [0.5, 0.6) is 5.75 Å². The second-order valence-corrected chi connectivity index (χ2v) is 11.3. The van der Waals surface area contributed by atoms with Gasteiger partial charge in [-0.1, -0.05) is 72.4 Å². The molecule has 4 atom stereocenters. The van der Waals surface area contributed by atoms with E-state index >= 15 is 0 Å². The number of aliphatic hydroxyl groups is 1. The number of nitrogens with zero attached hydrogens (tertiary/aromatic N) is 1. The van der Waals surface area contributed by atoms with E-state index in [1.54, 1.807) is 0 Å². The smallest absolute Gasteiger partial charge is 0.387 e. The summed E-state index contributed by atoms with van der Waals surface area (Å²) in [5, 5.41) is 10.3. The lowest BCUT2D eigenvalue weighted by Gasteiger charge is -2.38. The van der Waals surface area contributed by atoms with Crippen molar-refractivity contribution >= 4 is 23.0 Å². The number of hydrogen-bond acceptors (Lipinski definition) is 5. The fourth-order valence-corrected chi connectivity index (χ4v) is 5.19. The molecule has 0 bridgehead atoms. The number of benzene rings is 1. The van der Waals surface area contributed by atoms with E-state index < -0.39 is 12.4 Å². The largest absolute Gasteiger partial charge is 0.434 e. The highest BCUT2D eigenvalue weighted by Crippen LogP contribution is 2.39. The number of aldehydes is 1. The van der Waals surface area contributed by atoms with Gasteiger partial charge in [0, 0.05) is 36.0 Å². The molecule has 1 aromatic rings. The first-order valence-electron chi connectivity index (χ1n) is 13.7. The number of allylic oxidation sites excluding steroid dienone is 1. The fourth-order valence-electron chi connectivity index (χ4n) is 4.15. The Bertz CT molecular complexity index is 893. The van der Waals surface area contributed by atoms with Crippen LogP contribution in [0.2, 0.25) is 0 Å². The third kappa shape index (κ3) is 12.4. The molecule has 8 heteroatoms. The summed E-state index contributed by atoms with van der Waals surface area (Å²) in [5.41, 5.74) is 0.224. The molecule has 1 saturated heterocycles. The number of carbonyl (C=O) groups is 1. The van der Waals surface area contributed by atoms with Crippen LogP contribution in [0.25, 0.3) is 4.91 Å². The Morgan fingerprint density at radius 3 is 2.42 bits per heavy atom. The van der Waals surface area contributed by atoms with Gasteiger partial charge in [-0.2, -0.15) is 8.78 Å². The lowest BCUT2D eigenvalue weighted by Crippen LogP contribution is -2.45. The van der Waals surface area contributed by atoms with Crippen LogP contribution in [0.3, 0.4) is 0 Å². The summed E-state index contributed by atoms with van der Waals surface area (Å²) in [4.78, 5) is 13.5. The monoisotopic (exact) mass is 557 g/mol. The first-order chi connectivity index (χ1) is 18.0. The van der Waals surface area contributed by atoms with Crippen molar-refractivity contribution in [2.75, 3.05) is 19.6 Å². The Morgan fingerprint density at radius 2 is 1.92 bits per heavy atom. The molecule has 1 saturated carbocycles. The minimum Gasteiger partial charge on any atom is -0.434 e. The molecule has 2 fully saturated rings. The zero-order valence-electron chi connectivity index (χ0n) is 23.8. The number of ether oxygens (including phenoxy) is 1. The summed E-state index contributed by atoms with van der Waals surface area (Å²) < 4.78 is 43.8. The van der Waals surface area contributed by atoms with Gasteiger partial charge < -0.3 is 14.6 Å². The molecule has 1 N–H and O–H groups in total. The van der Waals surface area contributed by atoms with Crippen molar-refractivity contribution in [2.45, 2.75) is 79.9 Å². The number of thioether (sulfide) groups is 1. The molecule has 1 aliphatic heterocycles. The highest BCUT2D eigenvalue weighted by atomic mass is 32.2. The Kier molecular flexibility index (Phi) is 16.0. The van der Waals surface area contributed by atoms with Crippen LogP contribution in [0.1, 0.15) is 72.8 Å². The highest BCUT2D eigenvalue weighted by molar-refractivity contribution is 8.11. The number of halogens is 3. The third-order valence-corrected chi connectivity index (χ3v) is 7.60. The van der Waals surface area contributed by atoms with Gasteiger partial charge in [0.15, 0.2) is 0 Å². The quantitative estimate of drug-likeness (QED) is 0.279. The van der Waals surface area contributed by atoms with Gasteiger partial charge in [0.2, 0.25) is 0 Å². The highest BCUT2D eigenvalue weighted by Gasteiger charge is 2.31. The zero-order valence-corrected chi connectivity index (χ0v) is 24.6. The molecule has 3 rings (SSSR count). The summed E-state index contributed by atoms with van der Waals surface area (Å²) in [6, 6.07) is 3.46. The van der Waals surface area contributed by atoms with Gasteiger partial charge in [-0.25, -0.2) is 4.39 Å². The maximum Gasteiger partial charge on any atom is 0.387 e. The molecule has 0 amide bonds. The summed E-state index contributed by atoms with van der Waals surface area (Å²) >= 11 is 1.34. The van der Waals surface area contributed by atoms with Crippen LogP contribution in [-0.2, 0) is 4.79 Å². The van der Waals surface area contributed by atoms with Crippen LogP contribution in [0, 0.1) is 29.5 Å². The maximum absolute atomic E-state index is 13.8. The van der Waals surface area contributed by atoms with Gasteiger partial charge >= 0.3 is 6.61 Å². The number of aliphatic hydroxyl groups excluding tert-OH is 1. The molecular formula is C30H46F3NO3S. The SMILES string of the molecule is C=C(S/C(=C\CCC)CN1CC(O)CC(C(C)C)C1)c1cc(F)ccc1OC(F)F.CC.CC1CC1C=O. The van der Waals surface area contributed by atoms with Gasteiger partial charge in [-0.15, -0.1) is 0 Å². The number of piperidine rings is 1. The van der Waals surface area contributed by atoms with Crippen molar-refractivity contribution in [3.05, 3.63) is 47.1 Å². The number of β-amino-alcohol motifs (C(OH)–C–C–N with tert-alkyl or cyclic N) is 1. The summed E-state index contributed by atoms with van der Waals surface area (Å²) in [5.74, 6) is 1.39. The standard InChI is InChI=1S/C23H32F3NO2S.C5H8O.C2H6/c1-5-6-7-20(14-27-12-17(15(2)3)10-19(28)13-27)30-16(4)21-11-18(24)8-9-22(21)29-23(25)26;1-4-2-5(4)3-6;1-2/h7-9,11,15,17,19,23,28H,4-6,10,12-14H2,1-3H3;3-5H,2H2,1H3;1-2H3/b20-7-;;. The number of alkyl halides is 2. The Labute approximate surface area is 231 Å². The molecule has 4 nitrogen and oxygen atoms in total. The van der Waals surface area contributed by atoms with Crippen molar-refractivity contribution < 1.29 is 27.8 Å². The van der Waals surface area contributed by atoms with Crippen LogP contribution in [0.15, 0.2) is 35.8 Å². The number of hydrogen-bond donors (Lipinski definition) is 1. The topological polar surface area (TPSA) is 49.8 Å². The van der Waals surface area contributed by atoms with Crippen LogP contribution in [0.4, 0.5) is 13.2 Å². The van der Waals surface area contributed by atoms with Gasteiger partial charge in [-0.3, -0.25) is 4.90 Å². The maximum atomic E-state index is 13.8. The third-order valence-electron chi connectivity index (χ3n) is 6.58. The molecule has 2 aliphatic rings. The van der Waals surface area contributed by atoms with Crippen LogP contribution < -0.4 is 4.74 Å². The van der Waals surface area contributed by atoms with Gasteiger partial charge in [-0.05, 0) is 60.1 Å². The molecular weight excluding hydrogens is 511 g/mol. The number of unbranched alkanes of at least 4 members (excludes halogenated alkanes) is 1. The van der Waals surface area contributed by atoms with Crippen molar-refractivity contribution in [3.8, 4) is 5.75 Å². The number of rotatable bonds is 11. The molecule has 0 radical (unpaired) electrons. The molecule has 38 heavy (non-hydrogen) atoms. The van der Waals surface area contributed by atoms with E-state index in [2.05, 4.69) is 50.0 Å². The normalized spacial score (nSPS) is 23.2. The molecule has 0 spiro atoms. The Balaban J connectivity index is 0.000000777. The molecule has 0 aromatic heterocycles. The van der Waals surface area contributed by atoms with Gasteiger partial charge in [0.1, 0.15) is 17.9 Å². The van der Waals surface area contributed by atoms with Crippen molar-refractivity contribution in [1.29, 1.82) is 0 Å². The van der Waals surface area contributed by atoms with Crippen molar-refractivity contribution in [3.63, 3.8) is 0 Å². The summed E-state index contributed by atoms with van der Waals surface area (Å²) in [6.45, 7) is 15.6. The van der Waals surface area contributed by atoms with E-state index in [0.29, 0.717) is 41.7 Å². The average Bonchev–Trinajstić information content (AvgIpc) is 3.59. The minimum atomic E-state index is -3.00. The van der Waals surface area contributed by atoms with Gasteiger partial charge in [0.05, 0.1) is 6.10 Å². The minimum absolute atomic E-state index is 0.0907. The van der Waals surface area contributed by atoms with E-state index in [0.717, 1.165) is 49.5 Å². The van der Waals surface area contributed by atoms with Crippen molar-refractivity contribution in [1.82, 2.24) is 4.90 Å². The Morgan fingerprint density at radius 1 is 1.26 bits per heavy atom. The van der Waals surface area contributed by atoms with Crippen LogP contribution >= 0.6 is 11.8 Å². The van der Waals surface area contributed by atoms with Crippen LogP contribution in [-0.4, -0.2) is 48.6 Å². The fraction of sp³-hybridized carbons (Fsp3) is 0.633. The number of likely N-dealkylation sites (tertiary alicyclic amines) is 1. The second-order valence-electron chi connectivity index (χ2n) is 10.1. The second kappa shape index (κ2) is 17.7. The van der Waals surface area contributed by atoms with E-state index in [4.69, 9.17) is 0 Å². The summed E-state index contributed by atoms with van der Waals surface area (Å²) in [7, 11) is 0. The molecule has 4 unspecified atom stereocenters. The average molecular weight is 558 g/mol. The first-order valence-corrected chi connectivity index (χ1v) is 14.5. The van der Waals surface area contributed by atoms with E-state index in [1.807, 2.05) is 13.8 Å². The lowest BCUT2D eigenvalue weighted by molar-refractivity contribution is -0.109. The van der Waals surface area contributed by atoms with E-state index in [-0.39, 0.29) is 17.4 Å². The number of carbonyl (C=O) groups excluding carboxylic acids is 1. The first kappa shape index (κ1) is 34.3. The van der Waals surface area contributed by atoms with E-state index in [1.165, 1.54) is 23.9 Å². The Hall–Kier alpha value is -1.77. The van der Waals surface area contributed by atoms with E-state index in [9.17, 15) is 23.1 Å². The molecule has 1 aliphatic carbocycles. The predicted octanol–water partition coefficient (Wildman–Crippen LogP) is 8.02. The zero-order chi connectivity index (χ0) is 28.8. The van der Waals surface area contributed by atoms with Crippen molar-refractivity contribution in [2.24, 2.45) is 23.7 Å². The lowest BCUT2D eigenvalue weighted by atomic mass is 9.86. The molecule has 1 heterocycles. The van der Waals surface area contributed by atoms with Gasteiger partial charge in [0.25, 0.3) is 0 Å². The molecule has 1 aromatic carbocycles. The summed E-state index contributed by atoms with van der Waals surface area (Å²) in [6.07, 6.45) is 6.56. The molecule has 216 valence electrons.